The molecule has 1 aliphatic heterocycles. The van der Waals surface area contributed by atoms with Crippen molar-refractivity contribution in [1.82, 2.24) is 14.8 Å². The summed E-state index contributed by atoms with van der Waals surface area (Å²) >= 11 is 12.4. The van der Waals surface area contributed by atoms with Gasteiger partial charge in [0.25, 0.3) is 0 Å². The Morgan fingerprint density at radius 3 is 2.77 bits per heavy atom. The second kappa shape index (κ2) is 6.54. The Morgan fingerprint density at radius 2 is 2.09 bits per heavy atom. The topological polar surface area (TPSA) is 49.2 Å². The molecule has 0 spiro atoms. The molecule has 118 valence electrons. The van der Waals surface area contributed by atoms with Gasteiger partial charge in [-0.3, -0.25) is 0 Å². The van der Waals surface area contributed by atoms with Crippen molar-refractivity contribution in [3.63, 3.8) is 0 Å². The normalized spacial score (nSPS) is 24.8. The largest absolute Gasteiger partial charge is 0.342 e. The number of hydrogen-bond donors (Lipinski definition) is 0. The molecule has 0 aliphatic carbocycles. The maximum absolute atomic E-state index is 6.38. The molecule has 0 radical (unpaired) electrons. The molecule has 1 aromatic carbocycles. The summed E-state index contributed by atoms with van der Waals surface area (Å²) in [6, 6.07) is 5.34. The lowest BCUT2D eigenvalue weighted by molar-refractivity contribution is -0.187. The molecule has 1 fully saturated rings. The van der Waals surface area contributed by atoms with E-state index in [4.69, 9.17) is 32.7 Å². The highest BCUT2D eigenvalue weighted by Crippen LogP contribution is 2.41. The first-order valence-electron chi connectivity index (χ1n) is 7.22. The Kier molecular flexibility index (Phi) is 4.68. The van der Waals surface area contributed by atoms with Crippen molar-refractivity contribution >= 4 is 23.2 Å². The number of hydrogen-bond acceptors (Lipinski definition) is 4. The lowest BCUT2D eigenvalue weighted by atomic mass is 10.1. The maximum Gasteiger partial charge on any atom is 0.215 e. The fourth-order valence-electron chi connectivity index (χ4n) is 2.68. The minimum absolute atomic E-state index is 0.0493. The molecule has 0 saturated carbocycles. The van der Waals surface area contributed by atoms with E-state index in [1.165, 1.54) is 0 Å². The second-order valence-electron chi connectivity index (χ2n) is 5.35. The van der Waals surface area contributed by atoms with Crippen molar-refractivity contribution in [1.29, 1.82) is 0 Å². The zero-order valence-electron chi connectivity index (χ0n) is 12.2. The standard InChI is InChI=1S/C15H17Cl2N3O2/c1-2-3-12-7-21-15(22-12,8-20-9-18-19-10-20)13-5-4-11(16)6-14(13)17/h4-6,9-10,12H,2-3,7-8H2,1H3/t12-,15+/m0/s1. The number of nitrogens with zero attached hydrogens (tertiary/aromatic N) is 3. The summed E-state index contributed by atoms with van der Waals surface area (Å²) in [5.74, 6) is -0.941. The van der Waals surface area contributed by atoms with Gasteiger partial charge in [-0.1, -0.05) is 42.6 Å². The molecule has 5 nitrogen and oxygen atoms in total. The van der Waals surface area contributed by atoms with Gasteiger partial charge in [0.05, 0.1) is 24.3 Å². The van der Waals surface area contributed by atoms with Crippen LogP contribution in [0.1, 0.15) is 25.3 Å². The molecule has 0 bridgehead atoms. The third-order valence-electron chi connectivity index (χ3n) is 3.67. The van der Waals surface area contributed by atoms with E-state index in [-0.39, 0.29) is 6.10 Å². The predicted octanol–water partition coefficient (Wildman–Crippen LogP) is 3.65. The third kappa shape index (κ3) is 3.13. The van der Waals surface area contributed by atoms with E-state index in [2.05, 4.69) is 17.1 Å². The van der Waals surface area contributed by atoms with E-state index in [1.807, 2.05) is 10.6 Å². The Morgan fingerprint density at radius 1 is 1.32 bits per heavy atom. The number of benzene rings is 1. The number of ether oxygens (including phenoxy) is 2. The van der Waals surface area contributed by atoms with E-state index in [1.54, 1.807) is 24.8 Å². The Bertz CT molecular complexity index is 636. The van der Waals surface area contributed by atoms with Crippen LogP contribution < -0.4 is 0 Å². The molecule has 1 saturated heterocycles. The Hall–Kier alpha value is -1.14. The van der Waals surface area contributed by atoms with Crippen molar-refractivity contribution < 1.29 is 9.47 Å². The van der Waals surface area contributed by atoms with Gasteiger partial charge in [-0.2, -0.15) is 0 Å². The summed E-state index contributed by atoms with van der Waals surface area (Å²) in [5, 5.41) is 8.76. The first-order valence-corrected chi connectivity index (χ1v) is 7.98. The van der Waals surface area contributed by atoms with Gasteiger partial charge in [0.2, 0.25) is 5.79 Å². The van der Waals surface area contributed by atoms with Crippen molar-refractivity contribution in [2.24, 2.45) is 0 Å². The monoisotopic (exact) mass is 341 g/mol. The average molecular weight is 342 g/mol. The van der Waals surface area contributed by atoms with E-state index in [0.717, 1.165) is 18.4 Å². The predicted molar refractivity (Wildman–Crippen MR) is 83.9 cm³/mol. The molecule has 2 atom stereocenters. The molecule has 1 aromatic heterocycles. The molecule has 3 rings (SSSR count). The number of rotatable bonds is 5. The summed E-state index contributed by atoms with van der Waals surface area (Å²) in [4.78, 5) is 0. The molecule has 2 aromatic rings. The number of aromatic nitrogens is 3. The highest BCUT2D eigenvalue weighted by atomic mass is 35.5. The summed E-state index contributed by atoms with van der Waals surface area (Å²) < 4.78 is 14.1. The van der Waals surface area contributed by atoms with Crippen LogP contribution in [0.25, 0.3) is 0 Å². The number of halogens is 2. The van der Waals surface area contributed by atoms with Gasteiger partial charge in [0, 0.05) is 10.6 Å². The minimum Gasteiger partial charge on any atom is -0.342 e. The van der Waals surface area contributed by atoms with E-state index < -0.39 is 5.79 Å². The molecule has 7 heteroatoms. The second-order valence-corrected chi connectivity index (χ2v) is 6.19. The van der Waals surface area contributed by atoms with Gasteiger partial charge in [0.15, 0.2) is 0 Å². The van der Waals surface area contributed by atoms with E-state index in [9.17, 15) is 0 Å². The van der Waals surface area contributed by atoms with Crippen LogP contribution in [0.5, 0.6) is 0 Å². The van der Waals surface area contributed by atoms with Gasteiger partial charge in [-0.05, 0) is 18.6 Å². The van der Waals surface area contributed by atoms with E-state index in [0.29, 0.717) is 23.2 Å². The fraction of sp³-hybridized carbons (Fsp3) is 0.467. The van der Waals surface area contributed by atoms with Gasteiger partial charge in [0.1, 0.15) is 12.7 Å². The molecule has 1 aliphatic rings. The maximum atomic E-state index is 6.38. The van der Waals surface area contributed by atoms with Crippen LogP contribution in [0.4, 0.5) is 0 Å². The van der Waals surface area contributed by atoms with Crippen LogP contribution in [0, 0.1) is 0 Å². The zero-order valence-corrected chi connectivity index (χ0v) is 13.7. The van der Waals surface area contributed by atoms with Crippen molar-refractivity contribution in [3.8, 4) is 0 Å². The Labute approximate surface area is 139 Å². The molecular weight excluding hydrogens is 325 g/mol. The van der Waals surface area contributed by atoms with Crippen LogP contribution in [-0.4, -0.2) is 27.5 Å². The first-order chi connectivity index (χ1) is 10.6. The lowest BCUT2D eigenvalue weighted by Gasteiger charge is -2.29. The average Bonchev–Trinajstić information content (AvgIpc) is 3.10. The summed E-state index contributed by atoms with van der Waals surface area (Å²) in [5.41, 5.74) is 0.769. The Balaban J connectivity index is 1.96. The van der Waals surface area contributed by atoms with Crippen LogP contribution >= 0.6 is 23.2 Å². The van der Waals surface area contributed by atoms with Crippen molar-refractivity contribution in [2.45, 2.75) is 38.2 Å². The molecule has 22 heavy (non-hydrogen) atoms. The van der Waals surface area contributed by atoms with Crippen molar-refractivity contribution in [2.75, 3.05) is 6.61 Å². The first kappa shape index (κ1) is 15.7. The molecule has 2 heterocycles. The molecular formula is C15H17Cl2N3O2. The van der Waals surface area contributed by atoms with Crippen molar-refractivity contribution in [3.05, 3.63) is 46.5 Å². The molecule has 0 N–H and O–H groups in total. The lowest BCUT2D eigenvalue weighted by Crippen LogP contribution is -2.33. The fourth-order valence-corrected chi connectivity index (χ4v) is 3.23. The van der Waals surface area contributed by atoms with E-state index >= 15 is 0 Å². The highest BCUT2D eigenvalue weighted by molar-refractivity contribution is 6.35. The molecule has 0 unspecified atom stereocenters. The quantitative estimate of drug-likeness (QED) is 0.832. The molecule has 0 amide bonds. The summed E-state index contributed by atoms with van der Waals surface area (Å²) in [7, 11) is 0. The smallest absolute Gasteiger partial charge is 0.215 e. The third-order valence-corrected chi connectivity index (χ3v) is 4.22. The highest BCUT2D eigenvalue weighted by Gasteiger charge is 2.44. The van der Waals surface area contributed by atoms with Gasteiger partial charge < -0.3 is 14.0 Å². The summed E-state index contributed by atoms with van der Waals surface area (Å²) in [6.07, 6.45) is 5.28. The van der Waals surface area contributed by atoms with Gasteiger partial charge in [-0.25, -0.2) is 0 Å². The van der Waals surface area contributed by atoms with Crippen LogP contribution in [0.15, 0.2) is 30.9 Å². The van der Waals surface area contributed by atoms with Gasteiger partial charge in [-0.15, -0.1) is 10.2 Å². The zero-order chi connectivity index (χ0) is 15.6. The van der Waals surface area contributed by atoms with Crippen LogP contribution in [0.3, 0.4) is 0 Å². The van der Waals surface area contributed by atoms with Crippen LogP contribution in [-0.2, 0) is 21.8 Å². The van der Waals surface area contributed by atoms with Crippen LogP contribution in [0.2, 0.25) is 10.0 Å². The minimum atomic E-state index is -0.941. The SMILES string of the molecule is CCC[C@H]1CO[C@@](Cn2cnnc2)(c2ccc(Cl)cc2Cl)O1. The summed E-state index contributed by atoms with van der Waals surface area (Å²) in [6.45, 7) is 3.09. The van der Waals surface area contributed by atoms with Gasteiger partial charge >= 0.3 is 0 Å².